The van der Waals surface area contributed by atoms with Crippen molar-refractivity contribution in [2.24, 2.45) is 0 Å². The fraction of sp³-hybridized carbons (Fsp3) is 0.0952. The number of carbonyl (C=O) groups is 1. The maximum Gasteiger partial charge on any atom is 0.239 e. The first-order valence-corrected chi connectivity index (χ1v) is 8.75. The quantitative estimate of drug-likeness (QED) is 0.529. The topological polar surface area (TPSA) is 37.3 Å². The van der Waals surface area contributed by atoms with E-state index in [1.807, 2.05) is 54.6 Å². The lowest BCUT2D eigenvalue weighted by Crippen LogP contribution is -1.94. The van der Waals surface area contributed by atoms with Gasteiger partial charge in [-0.2, -0.15) is 0 Å². The monoisotopic (exact) mass is 368 g/mol. The van der Waals surface area contributed by atoms with Crippen LogP contribution in [0.15, 0.2) is 78.9 Å². The van der Waals surface area contributed by atoms with Gasteiger partial charge in [-0.25, -0.2) is 0 Å². The van der Waals surface area contributed by atoms with E-state index in [0.717, 1.165) is 24.0 Å². The molecule has 0 unspecified atom stereocenters. The number of hydrogen-bond acceptors (Lipinski definition) is 2. The van der Waals surface area contributed by atoms with Gasteiger partial charge in [0, 0.05) is 12.8 Å². The Labute approximate surface area is 159 Å². The summed E-state index contributed by atoms with van der Waals surface area (Å²) in [6, 6.07) is 26.5. The first kappa shape index (κ1) is 19.2. The van der Waals surface area contributed by atoms with Crippen molar-refractivity contribution in [3.63, 3.8) is 0 Å². The summed E-state index contributed by atoms with van der Waals surface area (Å²) in [4.78, 5) is 9.17. The third kappa shape index (κ3) is 6.69. The highest BCUT2D eigenvalue weighted by molar-refractivity contribution is 8.23. The minimum absolute atomic E-state index is 0.421. The Bertz CT molecular complexity index is 739. The van der Waals surface area contributed by atoms with E-state index in [-0.39, 0.29) is 0 Å². The third-order valence-corrected chi connectivity index (χ3v) is 3.68. The van der Waals surface area contributed by atoms with Gasteiger partial charge in [0.25, 0.3) is 0 Å². The molecule has 3 aromatic rings. The van der Waals surface area contributed by atoms with E-state index < -0.39 is 4.45 Å². The number of thiol groups is 2. The molecular weight excluding hydrogens is 348 g/mol. The molecule has 0 fully saturated rings. The Balaban J connectivity index is 0.000000511. The molecule has 0 aliphatic rings. The minimum atomic E-state index is -0.444. The third-order valence-electron chi connectivity index (χ3n) is 3.68. The van der Waals surface area contributed by atoms with Gasteiger partial charge < -0.3 is 5.11 Å². The lowest BCUT2D eigenvalue weighted by molar-refractivity contribution is 0.277. The predicted molar refractivity (Wildman–Crippen MR) is 110 cm³/mol. The molecule has 128 valence electrons. The van der Waals surface area contributed by atoms with Crippen molar-refractivity contribution in [3.8, 4) is 5.75 Å². The molecule has 0 saturated heterocycles. The van der Waals surface area contributed by atoms with E-state index in [9.17, 15) is 9.90 Å². The van der Waals surface area contributed by atoms with Crippen LogP contribution in [0.3, 0.4) is 0 Å². The number of rotatable bonds is 4. The van der Waals surface area contributed by atoms with Gasteiger partial charge in [0.15, 0.2) is 0 Å². The van der Waals surface area contributed by atoms with Crippen LogP contribution in [-0.4, -0.2) is 9.55 Å². The van der Waals surface area contributed by atoms with E-state index in [0.29, 0.717) is 5.75 Å². The summed E-state index contributed by atoms with van der Waals surface area (Å²) >= 11 is 6.38. The summed E-state index contributed by atoms with van der Waals surface area (Å²) in [5.41, 5.74) is 4.39. The van der Waals surface area contributed by atoms with Crippen LogP contribution in [-0.2, 0) is 12.8 Å². The molecule has 0 heterocycles. The van der Waals surface area contributed by atoms with Crippen molar-refractivity contribution < 1.29 is 9.90 Å². The average Bonchev–Trinajstić information content (AvgIpc) is 2.60. The second-order valence-electron chi connectivity index (χ2n) is 5.53. The highest BCUT2D eigenvalue weighted by atomic mass is 32.2. The zero-order chi connectivity index (χ0) is 18.1. The van der Waals surface area contributed by atoms with E-state index in [4.69, 9.17) is 0 Å². The maximum absolute atomic E-state index is 10.5. The highest BCUT2D eigenvalue weighted by Gasteiger charge is 2.08. The SMILES string of the molecule is O=C(S)S.Oc1c(Cc2ccccc2)cccc1Cc1ccccc1. The van der Waals surface area contributed by atoms with Crippen molar-refractivity contribution in [3.05, 3.63) is 101 Å². The standard InChI is InChI=1S/C20H18O.CH2OS2/c21-20-18(14-16-8-3-1-4-9-16)12-7-13-19(20)15-17-10-5-2-6-11-17;2-1(3)4/h1-13,21H,14-15H2;(H2,2,3,4). The van der Waals surface area contributed by atoms with Crippen LogP contribution in [0, 0.1) is 0 Å². The van der Waals surface area contributed by atoms with Gasteiger partial charge in [-0.1, -0.05) is 104 Å². The van der Waals surface area contributed by atoms with Gasteiger partial charge >= 0.3 is 0 Å². The molecule has 0 atom stereocenters. The van der Waals surface area contributed by atoms with Crippen LogP contribution in [0.25, 0.3) is 0 Å². The zero-order valence-corrected chi connectivity index (χ0v) is 15.5. The molecular formula is C21H20O2S2. The Hall–Kier alpha value is -2.17. The molecule has 1 N–H and O–H groups in total. The van der Waals surface area contributed by atoms with Gasteiger partial charge in [0.2, 0.25) is 4.45 Å². The van der Waals surface area contributed by atoms with Crippen LogP contribution >= 0.6 is 25.3 Å². The number of para-hydroxylation sites is 1. The number of phenolic OH excluding ortho intramolecular Hbond substituents is 1. The van der Waals surface area contributed by atoms with Gasteiger partial charge in [0.1, 0.15) is 5.75 Å². The van der Waals surface area contributed by atoms with E-state index in [1.165, 1.54) is 11.1 Å². The van der Waals surface area contributed by atoms with Crippen LogP contribution < -0.4 is 0 Å². The van der Waals surface area contributed by atoms with Gasteiger partial charge in [-0.15, -0.1) is 0 Å². The van der Waals surface area contributed by atoms with E-state index >= 15 is 0 Å². The number of carbonyl (C=O) groups excluding carboxylic acids is 1. The van der Waals surface area contributed by atoms with Gasteiger partial charge in [-0.3, -0.25) is 4.79 Å². The van der Waals surface area contributed by atoms with E-state index in [2.05, 4.69) is 49.5 Å². The number of benzene rings is 3. The molecule has 3 rings (SSSR count). The molecule has 3 aromatic carbocycles. The summed E-state index contributed by atoms with van der Waals surface area (Å²) in [5.74, 6) is 0.421. The van der Waals surface area contributed by atoms with Crippen molar-refractivity contribution in [1.82, 2.24) is 0 Å². The molecule has 4 heteroatoms. The molecule has 0 spiro atoms. The maximum atomic E-state index is 10.5. The van der Waals surface area contributed by atoms with Crippen molar-refractivity contribution >= 4 is 29.7 Å². The van der Waals surface area contributed by atoms with Gasteiger partial charge in [0.05, 0.1) is 0 Å². The van der Waals surface area contributed by atoms with Crippen molar-refractivity contribution in [2.45, 2.75) is 12.8 Å². The molecule has 0 aliphatic heterocycles. The highest BCUT2D eigenvalue weighted by Crippen LogP contribution is 2.27. The fourth-order valence-electron chi connectivity index (χ4n) is 2.56. The number of hydrogen-bond donors (Lipinski definition) is 3. The largest absolute Gasteiger partial charge is 0.507 e. The van der Waals surface area contributed by atoms with Crippen LogP contribution in [0.5, 0.6) is 5.75 Å². The molecule has 0 aliphatic carbocycles. The molecule has 25 heavy (non-hydrogen) atoms. The Morgan fingerprint density at radius 2 is 1.04 bits per heavy atom. The second-order valence-corrected chi connectivity index (χ2v) is 6.70. The molecule has 0 aromatic heterocycles. The molecule has 0 amide bonds. The lowest BCUT2D eigenvalue weighted by Gasteiger charge is -2.10. The minimum Gasteiger partial charge on any atom is -0.507 e. The molecule has 0 saturated carbocycles. The summed E-state index contributed by atoms with van der Waals surface area (Å²) in [7, 11) is 0. The lowest BCUT2D eigenvalue weighted by atomic mass is 9.98. The zero-order valence-electron chi connectivity index (χ0n) is 13.7. The number of phenols is 1. The summed E-state index contributed by atoms with van der Waals surface area (Å²) in [6.45, 7) is 0. The summed E-state index contributed by atoms with van der Waals surface area (Å²) in [5, 5.41) is 10.5. The first-order chi connectivity index (χ1) is 12.1. The average molecular weight is 369 g/mol. The predicted octanol–water partition coefficient (Wildman–Crippen LogP) is 5.54. The van der Waals surface area contributed by atoms with Crippen LogP contribution in [0.1, 0.15) is 22.3 Å². The normalized spacial score (nSPS) is 9.84. The van der Waals surface area contributed by atoms with Crippen LogP contribution in [0.4, 0.5) is 4.79 Å². The fourth-order valence-corrected chi connectivity index (χ4v) is 2.56. The molecule has 0 radical (unpaired) electrons. The summed E-state index contributed by atoms with van der Waals surface area (Å²) < 4.78 is -0.444. The number of aromatic hydroxyl groups is 1. The van der Waals surface area contributed by atoms with Crippen molar-refractivity contribution in [1.29, 1.82) is 0 Å². The molecule has 0 bridgehead atoms. The van der Waals surface area contributed by atoms with Crippen molar-refractivity contribution in [2.75, 3.05) is 0 Å². The Morgan fingerprint density at radius 1 is 0.680 bits per heavy atom. The smallest absolute Gasteiger partial charge is 0.239 e. The van der Waals surface area contributed by atoms with Crippen LogP contribution in [0.2, 0.25) is 0 Å². The molecule has 2 nitrogen and oxygen atoms in total. The van der Waals surface area contributed by atoms with Gasteiger partial charge in [-0.05, 0) is 22.3 Å². The first-order valence-electron chi connectivity index (χ1n) is 7.85. The Kier molecular flexibility index (Phi) is 7.64. The van der Waals surface area contributed by atoms with E-state index in [1.54, 1.807) is 0 Å². The summed E-state index contributed by atoms with van der Waals surface area (Å²) in [6.07, 6.45) is 1.52. The second kappa shape index (κ2) is 9.97. The Morgan fingerprint density at radius 3 is 1.40 bits per heavy atom.